The van der Waals surface area contributed by atoms with Crippen LogP contribution in [-0.2, 0) is 0 Å². The van der Waals surface area contributed by atoms with Crippen molar-refractivity contribution in [3.8, 4) is 0 Å². The Labute approximate surface area is 105 Å². The van der Waals surface area contributed by atoms with Crippen molar-refractivity contribution in [1.29, 1.82) is 0 Å². The number of alkyl halides is 10. The molecule has 0 atom stereocenters. The Balaban J connectivity index is 3.90. The van der Waals surface area contributed by atoms with Gasteiger partial charge in [0.2, 0.25) is 0 Å². The molecule has 0 N–H and O–H groups in total. The first kappa shape index (κ1) is 16.8. The van der Waals surface area contributed by atoms with Crippen molar-refractivity contribution >= 4 is 0 Å². The fraction of sp³-hybridized carbons (Fsp3) is 0.600. The Morgan fingerprint density at radius 1 is 0.450 bits per heavy atom. The maximum atomic E-state index is 13.5. The van der Waals surface area contributed by atoms with E-state index in [0.717, 1.165) is 0 Å². The number of allylic oxidation sites excluding steroid dienone is 2. The zero-order valence-electron chi connectivity index (χ0n) is 9.35. The lowest BCUT2D eigenvalue weighted by Gasteiger charge is -2.53. The molecule has 1 rings (SSSR count). The van der Waals surface area contributed by atoms with Gasteiger partial charge in [0.05, 0.1) is 0 Å². The largest absolute Gasteiger partial charge is 0.357 e. The van der Waals surface area contributed by atoms with E-state index in [1.165, 1.54) is 0 Å². The van der Waals surface area contributed by atoms with Gasteiger partial charge < -0.3 is 0 Å². The zero-order chi connectivity index (χ0) is 16.4. The molecule has 20 heavy (non-hydrogen) atoms. The van der Waals surface area contributed by atoms with Crippen LogP contribution in [0.25, 0.3) is 0 Å². The molecule has 0 saturated heterocycles. The smallest absolute Gasteiger partial charge is 0.225 e. The summed E-state index contributed by atoms with van der Waals surface area (Å²) >= 11 is 0. The molecular weight excluding hydrogens is 310 g/mol. The Morgan fingerprint density at radius 2 is 0.600 bits per heavy atom. The molecule has 10 heteroatoms. The van der Waals surface area contributed by atoms with Gasteiger partial charge in [0.1, 0.15) is 0 Å². The Morgan fingerprint density at radius 3 is 0.700 bits per heavy atom. The predicted molar refractivity (Wildman–Crippen MR) is 47.9 cm³/mol. The lowest BCUT2D eigenvalue weighted by Crippen LogP contribution is -2.83. The van der Waals surface area contributed by atoms with Crippen LogP contribution < -0.4 is 0 Å². The molecule has 0 aliphatic heterocycles. The van der Waals surface area contributed by atoms with Gasteiger partial charge in [0, 0.05) is 0 Å². The highest BCUT2D eigenvalue weighted by Crippen LogP contribution is 2.69. The van der Waals surface area contributed by atoms with Crippen molar-refractivity contribution < 1.29 is 43.9 Å². The molecule has 0 amide bonds. The lowest BCUT2D eigenvalue weighted by molar-refractivity contribution is -0.440. The van der Waals surface area contributed by atoms with E-state index in [2.05, 4.69) is 13.2 Å². The summed E-state index contributed by atoms with van der Waals surface area (Å²) in [4.78, 5) is 0. The Kier molecular flexibility index (Phi) is 3.11. The molecule has 1 saturated carbocycles. The number of rotatable bonds is 2. The van der Waals surface area contributed by atoms with Crippen molar-refractivity contribution in [3.63, 3.8) is 0 Å². The number of hydrogen-bond acceptors (Lipinski definition) is 0. The van der Waals surface area contributed by atoms with Gasteiger partial charge in [-0.3, -0.25) is 0 Å². The van der Waals surface area contributed by atoms with Crippen molar-refractivity contribution in [2.45, 2.75) is 35.0 Å². The quantitative estimate of drug-likeness (QED) is 0.525. The highest BCUT2D eigenvalue weighted by molar-refractivity contribution is 5.36. The fourth-order valence-corrected chi connectivity index (χ4v) is 1.82. The zero-order valence-corrected chi connectivity index (χ0v) is 9.35. The van der Waals surface area contributed by atoms with Gasteiger partial charge in [-0.25, -0.2) is 8.78 Å². The van der Waals surface area contributed by atoms with Crippen LogP contribution in [0.15, 0.2) is 25.3 Å². The van der Waals surface area contributed by atoms with E-state index in [0.29, 0.717) is 0 Å². The van der Waals surface area contributed by atoms with Crippen LogP contribution in [0.4, 0.5) is 43.9 Å². The Bertz CT molecular complexity index is 379. The van der Waals surface area contributed by atoms with E-state index < -0.39 is 47.2 Å². The molecular formula is C10H6F10. The summed E-state index contributed by atoms with van der Waals surface area (Å²) in [6.07, 6.45) is -2.17. The summed E-state index contributed by atoms with van der Waals surface area (Å²) in [6.45, 7) is 4.20. The minimum atomic E-state index is -6.49. The highest BCUT2D eigenvalue weighted by atomic mass is 19.4. The van der Waals surface area contributed by atoms with Crippen LogP contribution in [0, 0.1) is 0 Å². The summed E-state index contributed by atoms with van der Waals surface area (Å²) in [5.74, 6) is -26.0. The first-order valence-electron chi connectivity index (χ1n) is 4.78. The van der Waals surface area contributed by atoms with Crippen molar-refractivity contribution in [2.24, 2.45) is 0 Å². The lowest BCUT2D eigenvalue weighted by atomic mass is 9.67. The summed E-state index contributed by atoms with van der Waals surface area (Å²) in [6, 6.07) is 0. The average Bonchev–Trinajstić information content (AvgIpc) is 2.33. The summed E-state index contributed by atoms with van der Waals surface area (Å²) in [5, 5.41) is 0. The second-order valence-corrected chi connectivity index (χ2v) is 4.13. The van der Waals surface area contributed by atoms with Crippen molar-refractivity contribution in [3.05, 3.63) is 25.3 Å². The third-order valence-corrected chi connectivity index (χ3v) is 3.18. The molecule has 1 aliphatic rings. The predicted octanol–water partition coefficient (Wildman–Crippen LogP) is 4.33. The van der Waals surface area contributed by atoms with Crippen LogP contribution in [0.5, 0.6) is 0 Å². The van der Waals surface area contributed by atoms with Crippen LogP contribution in [0.3, 0.4) is 0 Å². The standard InChI is InChI=1S/C10H6F10/c1-3-5(11)7(13,14)9(17,18)6(12,4-2)10(19,20)8(5,15)16/h3-4H,1-2H2. The molecule has 1 aliphatic carbocycles. The third-order valence-electron chi connectivity index (χ3n) is 3.18. The third kappa shape index (κ3) is 1.21. The minimum absolute atomic E-state index is 1.09. The van der Waals surface area contributed by atoms with Crippen molar-refractivity contribution in [1.82, 2.24) is 0 Å². The summed E-state index contributed by atoms with van der Waals surface area (Å²) in [7, 11) is 0. The van der Waals surface area contributed by atoms with Gasteiger partial charge in [-0.15, -0.1) is 0 Å². The van der Waals surface area contributed by atoms with E-state index in [9.17, 15) is 43.9 Å². The topological polar surface area (TPSA) is 0 Å². The maximum absolute atomic E-state index is 13.5. The number of halogens is 10. The van der Waals surface area contributed by atoms with Crippen LogP contribution >= 0.6 is 0 Å². The second-order valence-electron chi connectivity index (χ2n) is 4.13. The van der Waals surface area contributed by atoms with Gasteiger partial charge >= 0.3 is 23.7 Å². The SMILES string of the molecule is C=CC1(F)C(F)(F)C(F)(F)C(F)(C=C)C(F)(F)C1(F)F. The second kappa shape index (κ2) is 3.70. The van der Waals surface area contributed by atoms with E-state index in [4.69, 9.17) is 0 Å². The van der Waals surface area contributed by atoms with Gasteiger partial charge in [-0.2, -0.15) is 35.1 Å². The Hall–Kier alpha value is -1.22. The van der Waals surface area contributed by atoms with Gasteiger partial charge in [0.15, 0.2) is 0 Å². The first-order valence-corrected chi connectivity index (χ1v) is 4.78. The molecule has 0 radical (unpaired) electrons. The van der Waals surface area contributed by atoms with Crippen molar-refractivity contribution in [2.75, 3.05) is 0 Å². The normalized spacial score (nSPS) is 40.9. The molecule has 0 aromatic heterocycles. The van der Waals surface area contributed by atoms with Gasteiger partial charge in [-0.05, 0) is 12.2 Å². The molecule has 0 heterocycles. The maximum Gasteiger partial charge on any atom is 0.357 e. The molecule has 0 bridgehead atoms. The van der Waals surface area contributed by atoms with E-state index in [1.807, 2.05) is 0 Å². The monoisotopic (exact) mass is 316 g/mol. The molecule has 0 unspecified atom stereocenters. The van der Waals surface area contributed by atoms with Crippen LogP contribution in [-0.4, -0.2) is 35.0 Å². The van der Waals surface area contributed by atoms with Gasteiger partial charge in [-0.1, -0.05) is 13.2 Å². The van der Waals surface area contributed by atoms with Crippen LogP contribution in [0.1, 0.15) is 0 Å². The fourth-order valence-electron chi connectivity index (χ4n) is 1.82. The summed E-state index contributed by atoms with van der Waals surface area (Å²) < 4.78 is 133. The average molecular weight is 316 g/mol. The molecule has 0 nitrogen and oxygen atoms in total. The molecule has 0 aromatic carbocycles. The number of hydrogen-bond donors (Lipinski definition) is 0. The summed E-state index contributed by atoms with van der Waals surface area (Å²) in [5.41, 5.74) is -11.7. The van der Waals surface area contributed by atoms with E-state index in [-0.39, 0.29) is 0 Å². The van der Waals surface area contributed by atoms with E-state index >= 15 is 0 Å². The van der Waals surface area contributed by atoms with Gasteiger partial charge in [0.25, 0.3) is 11.3 Å². The minimum Gasteiger partial charge on any atom is -0.225 e. The van der Waals surface area contributed by atoms with Crippen LogP contribution in [0.2, 0.25) is 0 Å². The van der Waals surface area contributed by atoms with E-state index in [1.54, 1.807) is 0 Å². The molecule has 0 aromatic rings. The first-order chi connectivity index (χ1) is 8.62. The molecule has 0 spiro atoms. The molecule has 116 valence electrons. The highest BCUT2D eigenvalue weighted by Gasteiger charge is 2.98. The molecule has 1 fully saturated rings.